The molecule has 2 rings (SSSR count). The summed E-state index contributed by atoms with van der Waals surface area (Å²) in [5.74, 6) is 0.231. The molecule has 0 aliphatic heterocycles. The highest BCUT2D eigenvalue weighted by Crippen LogP contribution is 2.34. The van der Waals surface area contributed by atoms with Crippen LogP contribution in [0.25, 0.3) is 0 Å². The number of nitrogens with one attached hydrogen (secondary N) is 1. The summed E-state index contributed by atoms with van der Waals surface area (Å²) in [6.07, 6.45) is 0. The van der Waals surface area contributed by atoms with Crippen LogP contribution in [0.5, 0.6) is 5.75 Å². The third kappa shape index (κ3) is 3.60. The summed E-state index contributed by atoms with van der Waals surface area (Å²) in [4.78, 5) is 0.0112. The summed E-state index contributed by atoms with van der Waals surface area (Å²) in [7, 11) is -2.49. The topological polar surface area (TPSA) is 55.4 Å². The zero-order chi connectivity index (χ0) is 16.5. The van der Waals surface area contributed by atoms with Gasteiger partial charge in [0.2, 0.25) is 0 Å². The Bertz CT molecular complexity index is 822. The van der Waals surface area contributed by atoms with Crippen LogP contribution in [0.1, 0.15) is 5.56 Å². The Balaban J connectivity index is 2.49. The van der Waals surface area contributed by atoms with Crippen molar-refractivity contribution in [3.63, 3.8) is 0 Å². The number of halogens is 3. The maximum atomic E-state index is 12.6. The first-order chi connectivity index (χ1) is 10.2. The number of sulfonamides is 1. The molecule has 0 atom stereocenters. The number of aryl methyl sites for hydroxylation is 1. The number of hydrogen-bond donors (Lipinski definition) is 1. The molecule has 0 heterocycles. The molecular weight excluding hydrogens is 369 g/mol. The van der Waals surface area contributed by atoms with Crippen LogP contribution in [-0.2, 0) is 10.0 Å². The standard InChI is InChI=1S/C14H12Cl3NO3S/c1-8-3-4-13(21-2)14(5-8)22(19,20)18-12-7-10(16)9(15)6-11(12)17/h3-7,18H,1-2H3. The van der Waals surface area contributed by atoms with Crippen molar-refractivity contribution >= 4 is 50.5 Å². The van der Waals surface area contributed by atoms with Gasteiger partial charge in [0, 0.05) is 0 Å². The maximum absolute atomic E-state index is 12.6. The quantitative estimate of drug-likeness (QED) is 0.778. The Kier molecular flexibility index (Phi) is 5.12. The molecule has 22 heavy (non-hydrogen) atoms. The first kappa shape index (κ1) is 17.2. The van der Waals surface area contributed by atoms with E-state index in [2.05, 4.69) is 4.72 Å². The van der Waals surface area contributed by atoms with Gasteiger partial charge in [-0.3, -0.25) is 4.72 Å². The van der Waals surface area contributed by atoms with Crippen molar-refractivity contribution in [1.29, 1.82) is 0 Å². The molecule has 0 unspecified atom stereocenters. The number of benzene rings is 2. The lowest BCUT2D eigenvalue weighted by atomic mass is 10.2. The van der Waals surface area contributed by atoms with Crippen molar-refractivity contribution in [2.75, 3.05) is 11.8 Å². The van der Waals surface area contributed by atoms with Crippen LogP contribution in [0, 0.1) is 6.92 Å². The Morgan fingerprint density at radius 2 is 1.64 bits per heavy atom. The van der Waals surface area contributed by atoms with Crippen LogP contribution in [0.3, 0.4) is 0 Å². The molecule has 4 nitrogen and oxygen atoms in total. The predicted molar refractivity (Wildman–Crippen MR) is 90.0 cm³/mol. The smallest absolute Gasteiger partial charge is 0.265 e. The van der Waals surface area contributed by atoms with Gasteiger partial charge in [-0.05, 0) is 36.8 Å². The molecule has 0 saturated carbocycles. The van der Waals surface area contributed by atoms with Crippen LogP contribution >= 0.6 is 34.8 Å². The van der Waals surface area contributed by atoms with E-state index in [4.69, 9.17) is 39.5 Å². The first-order valence-corrected chi connectivity index (χ1v) is 8.68. The van der Waals surface area contributed by atoms with Gasteiger partial charge in [-0.25, -0.2) is 8.42 Å². The van der Waals surface area contributed by atoms with Gasteiger partial charge in [-0.1, -0.05) is 40.9 Å². The Morgan fingerprint density at radius 3 is 2.27 bits per heavy atom. The molecule has 2 aromatic carbocycles. The zero-order valence-corrected chi connectivity index (χ0v) is 14.7. The average molecular weight is 381 g/mol. The highest BCUT2D eigenvalue weighted by molar-refractivity contribution is 7.92. The predicted octanol–water partition coefficient (Wildman–Crippen LogP) is 4.76. The third-order valence-electron chi connectivity index (χ3n) is 2.86. The fraction of sp³-hybridized carbons (Fsp3) is 0.143. The summed E-state index contributed by atoms with van der Waals surface area (Å²) >= 11 is 17.7. The average Bonchev–Trinajstić information content (AvgIpc) is 2.44. The fourth-order valence-electron chi connectivity index (χ4n) is 1.79. The highest BCUT2D eigenvalue weighted by Gasteiger charge is 2.21. The third-order valence-corrected chi connectivity index (χ3v) is 5.28. The van der Waals surface area contributed by atoms with E-state index in [9.17, 15) is 8.42 Å². The van der Waals surface area contributed by atoms with Crippen molar-refractivity contribution < 1.29 is 13.2 Å². The molecule has 0 aromatic heterocycles. The van der Waals surface area contributed by atoms with Crippen molar-refractivity contribution in [3.8, 4) is 5.75 Å². The molecule has 0 amide bonds. The summed E-state index contributed by atoms with van der Waals surface area (Å²) in [5.41, 5.74) is 0.918. The summed E-state index contributed by atoms with van der Waals surface area (Å²) in [6, 6.07) is 7.57. The van der Waals surface area contributed by atoms with Crippen molar-refractivity contribution in [2.24, 2.45) is 0 Å². The van der Waals surface area contributed by atoms with E-state index < -0.39 is 10.0 Å². The molecule has 0 aliphatic carbocycles. The van der Waals surface area contributed by atoms with Gasteiger partial charge in [0.05, 0.1) is 27.9 Å². The first-order valence-electron chi connectivity index (χ1n) is 6.06. The molecule has 8 heteroatoms. The van der Waals surface area contributed by atoms with Crippen molar-refractivity contribution in [2.45, 2.75) is 11.8 Å². The molecule has 0 saturated heterocycles. The lowest BCUT2D eigenvalue weighted by Gasteiger charge is -2.13. The Morgan fingerprint density at radius 1 is 1.00 bits per heavy atom. The van der Waals surface area contributed by atoms with Crippen LogP contribution < -0.4 is 9.46 Å². The SMILES string of the molecule is COc1ccc(C)cc1S(=O)(=O)Nc1cc(Cl)c(Cl)cc1Cl. The second-order valence-corrected chi connectivity index (χ2v) is 7.38. The van der Waals surface area contributed by atoms with Gasteiger partial charge in [0.1, 0.15) is 10.6 Å². The molecule has 0 aliphatic rings. The van der Waals surface area contributed by atoms with E-state index >= 15 is 0 Å². The molecule has 0 spiro atoms. The minimum atomic E-state index is -3.89. The van der Waals surface area contributed by atoms with Gasteiger partial charge in [0.15, 0.2) is 0 Å². The van der Waals surface area contributed by atoms with Crippen LogP contribution in [0.2, 0.25) is 15.1 Å². The number of methoxy groups -OCH3 is 1. The van der Waals surface area contributed by atoms with E-state index in [0.717, 1.165) is 5.56 Å². The van der Waals surface area contributed by atoms with E-state index in [1.165, 1.54) is 25.3 Å². The second-order valence-electron chi connectivity index (χ2n) is 4.51. The number of rotatable bonds is 4. The highest BCUT2D eigenvalue weighted by atomic mass is 35.5. The largest absolute Gasteiger partial charge is 0.495 e. The number of hydrogen-bond acceptors (Lipinski definition) is 3. The van der Waals surface area contributed by atoms with Crippen molar-refractivity contribution in [3.05, 3.63) is 51.0 Å². The summed E-state index contributed by atoms with van der Waals surface area (Å²) in [5, 5.41) is 0.576. The van der Waals surface area contributed by atoms with Crippen molar-refractivity contribution in [1.82, 2.24) is 0 Å². The lowest BCUT2D eigenvalue weighted by Crippen LogP contribution is -2.14. The maximum Gasteiger partial charge on any atom is 0.265 e. The van der Waals surface area contributed by atoms with Gasteiger partial charge in [-0.2, -0.15) is 0 Å². The summed E-state index contributed by atoms with van der Waals surface area (Å²) < 4.78 is 32.6. The fourth-order valence-corrected chi connectivity index (χ4v) is 3.77. The molecule has 118 valence electrons. The summed E-state index contributed by atoms with van der Waals surface area (Å²) in [6.45, 7) is 1.78. The zero-order valence-electron chi connectivity index (χ0n) is 11.7. The van der Waals surface area contributed by atoms with Crippen LogP contribution in [0.4, 0.5) is 5.69 Å². The number of ether oxygens (including phenoxy) is 1. The molecule has 0 radical (unpaired) electrons. The Hall–Kier alpha value is -1.14. The molecule has 0 bridgehead atoms. The van der Waals surface area contributed by atoms with Crippen LogP contribution in [-0.4, -0.2) is 15.5 Å². The van der Waals surface area contributed by atoms with Gasteiger partial charge >= 0.3 is 0 Å². The number of anilines is 1. The van der Waals surface area contributed by atoms with Gasteiger partial charge in [-0.15, -0.1) is 0 Å². The van der Waals surface area contributed by atoms with E-state index in [-0.39, 0.29) is 31.4 Å². The molecule has 0 fully saturated rings. The molecule has 1 N–H and O–H groups in total. The monoisotopic (exact) mass is 379 g/mol. The second kappa shape index (κ2) is 6.54. The van der Waals surface area contributed by atoms with Gasteiger partial charge < -0.3 is 4.74 Å². The molecule has 2 aromatic rings. The minimum Gasteiger partial charge on any atom is -0.495 e. The minimum absolute atomic E-state index is 0.0112. The molecular formula is C14H12Cl3NO3S. The van der Waals surface area contributed by atoms with Gasteiger partial charge in [0.25, 0.3) is 10.0 Å². The van der Waals surface area contributed by atoms with Crippen LogP contribution in [0.15, 0.2) is 35.2 Å². The lowest BCUT2D eigenvalue weighted by molar-refractivity contribution is 0.402. The van der Waals surface area contributed by atoms with E-state index in [1.807, 2.05) is 0 Å². The van der Waals surface area contributed by atoms with E-state index in [0.29, 0.717) is 0 Å². The van der Waals surface area contributed by atoms with E-state index in [1.54, 1.807) is 19.1 Å². The normalized spacial score (nSPS) is 11.3. The Labute approximate surface area is 144 Å².